The van der Waals surface area contributed by atoms with Crippen LogP contribution in [-0.2, 0) is 19.1 Å². The number of Topliss-reactive ketones (excluding diaryl/α,β-unsaturated/α-hetero) is 1. The highest BCUT2D eigenvalue weighted by molar-refractivity contribution is 6.02. The monoisotopic (exact) mass is 536 g/mol. The van der Waals surface area contributed by atoms with Crippen LogP contribution >= 0.6 is 0 Å². The molecule has 2 aromatic rings. The third-order valence-electron chi connectivity index (χ3n) is 6.34. The molecule has 0 aliphatic carbocycles. The summed E-state index contributed by atoms with van der Waals surface area (Å²) in [6.45, 7) is 2.00. The van der Waals surface area contributed by atoms with Crippen LogP contribution in [0.3, 0.4) is 0 Å². The number of carboxylic acids is 1. The van der Waals surface area contributed by atoms with Crippen molar-refractivity contribution in [2.45, 2.75) is 44.6 Å². The van der Waals surface area contributed by atoms with Gasteiger partial charge in [0.15, 0.2) is 11.4 Å². The Morgan fingerprint density at radius 3 is 2.49 bits per heavy atom. The molecule has 1 heterocycles. The summed E-state index contributed by atoms with van der Waals surface area (Å²) in [5.74, 6) is -2.80. The molecule has 1 atom stereocenters. The van der Waals surface area contributed by atoms with E-state index in [2.05, 4.69) is 0 Å². The van der Waals surface area contributed by atoms with Gasteiger partial charge in [0.25, 0.3) is 0 Å². The topological polar surface area (TPSA) is 151 Å². The van der Waals surface area contributed by atoms with Crippen molar-refractivity contribution in [2.24, 2.45) is 0 Å². The molecule has 0 fully saturated rings. The predicted octanol–water partition coefficient (Wildman–Crippen LogP) is 4.92. The third-order valence-corrected chi connectivity index (χ3v) is 6.34. The zero-order valence-corrected chi connectivity index (χ0v) is 21.6. The molecule has 39 heavy (non-hydrogen) atoms. The van der Waals surface area contributed by atoms with Crippen molar-refractivity contribution in [1.29, 1.82) is 0 Å². The second-order valence-electron chi connectivity index (χ2n) is 9.41. The maximum absolute atomic E-state index is 12.8. The van der Waals surface area contributed by atoms with Crippen molar-refractivity contribution in [3.8, 4) is 17.2 Å². The van der Waals surface area contributed by atoms with Crippen LogP contribution in [0.5, 0.6) is 17.2 Å². The summed E-state index contributed by atoms with van der Waals surface area (Å²) in [5.41, 5.74) is 0.594. The zero-order valence-electron chi connectivity index (χ0n) is 21.6. The van der Waals surface area contributed by atoms with Gasteiger partial charge in [0.05, 0.1) is 18.6 Å². The molecule has 1 aliphatic heterocycles. The van der Waals surface area contributed by atoms with Crippen LogP contribution in [-0.4, -0.2) is 57.0 Å². The quantitative estimate of drug-likeness (QED) is 0.103. The molecular weight excluding hydrogens is 504 g/mol. The number of ketones is 1. The summed E-state index contributed by atoms with van der Waals surface area (Å²) in [6.07, 6.45) is 7.98. The fourth-order valence-corrected chi connectivity index (χ4v) is 4.08. The first-order chi connectivity index (χ1) is 18.6. The smallest absolute Gasteiger partial charge is 0.336 e. The first-order valence-corrected chi connectivity index (χ1v) is 12.5. The summed E-state index contributed by atoms with van der Waals surface area (Å²) in [4.78, 5) is 36.9. The average Bonchev–Trinajstić information content (AvgIpc) is 3.11. The molecule has 2 aromatic carbocycles. The van der Waals surface area contributed by atoms with Crippen LogP contribution in [0, 0.1) is 0 Å². The second-order valence-corrected chi connectivity index (χ2v) is 9.41. The molecule has 1 aliphatic rings. The minimum Gasteiger partial charge on any atom is -0.508 e. The molecule has 4 N–H and O–H groups in total. The van der Waals surface area contributed by atoms with Gasteiger partial charge in [-0.3, -0.25) is 4.79 Å². The lowest BCUT2D eigenvalue weighted by Gasteiger charge is -2.28. The van der Waals surface area contributed by atoms with Crippen molar-refractivity contribution >= 4 is 23.8 Å². The number of phenols is 3. The molecule has 0 aromatic heterocycles. The largest absolute Gasteiger partial charge is 0.508 e. The van der Waals surface area contributed by atoms with Gasteiger partial charge >= 0.3 is 11.9 Å². The van der Waals surface area contributed by atoms with Gasteiger partial charge < -0.3 is 29.9 Å². The van der Waals surface area contributed by atoms with Crippen LogP contribution in [0.2, 0.25) is 0 Å². The number of aliphatic carboxylic acids is 1. The van der Waals surface area contributed by atoms with Gasteiger partial charge in [-0.05, 0) is 85.7 Å². The van der Waals surface area contributed by atoms with Gasteiger partial charge in [0, 0.05) is 6.08 Å². The summed E-state index contributed by atoms with van der Waals surface area (Å²) >= 11 is 0. The Hall–Kier alpha value is -4.37. The highest BCUT2D eigenvalue weighted by Gasteiger charge is 2.43. The number of ether oxygens (including phenoxy) is 2. The van der Waals surface area contributed by atoms with Crippen molar-refractivity contribution in [3.05, 3.63) is 83.0 Å². The van der Waals surface area contributed by atoms with E-state index < -0.39 is 29.7 Å². The Morgan fingerprint density at radius 2 is 1.77 bits per heavy atom. The number of hydrogen-bond acceptors (Lipinski definition) is 8. The lowest BCUT2D eigenvalue weighted by Crippen LogP contribution is -2.43. The van der Waals surface area contributed by atoms with E-state index in [1.165, 1.54) is 30.3 Å². The van der Waals surface area contributed by atoms with Crippen LogP contribution in [0.4, 0.5) is 0 Å². The predicted molar refractivity (Wildman–Crippen MR) is 143 cm³/mol. The highest BCUT2D eigenvalue weighted by atomic mass is 16.5. The number of carboxylic acid groups (broad SMARTS) is 1. The summed E-state index contributed by atoms with van der Waals surface area (Å²) in [6, 6.07) is 9.91. The fourth-order valence-electron chi connectivity index (χ4n) is 4.08. The Bertz CT molecular complexity index is 1290. The number of carbonyl (C=O) groups is 3. The molecule has 0 radical (unpaired) electrons. The second kappa shape index (κ2) is 13.4. The van der Waals surface area contributed by atoms with Gasteiger partial charge in [-0.1, -0.05) is 24.3 Å². The maximum Gasteiger partial charge on any atom is 0.336 e. The molecule has 9 nitrogen and oxygen atoms in total. The van der Waals surface area contributed by atoms with Crippen molar-refractivity contribution in [1.82, 2.24) is 0 Å². The molecular formula is C30H32O9. The molecule has 206 valence electrons. The number of esters is 1. The lowest BCUT2D eigenvalue weighted by molar-refractivity contribution is -0.165. The Kier molecular flexibility index (Phi) is 10.1. The van der Waals surface area contributed by atoms with Gasteiger partial charge in [-0.25, -0.2) is 9.59 Å². The van der Waals surface area contributed by atoms with E-state index in [9.17, 15) is 34.8 Å². The Morgan fingerprint density at radius 1 is 1.05 bits per heavy atom. The number of hydrogen-bond donors (Lipinski definition) is 4. The van der Waals surface area contributed by atoms with E-state index in [0.717, 1.165) is 22.8 Å². The van der Waals surface area contributed by atoms with Gasteiger partial charge in [0.1, 0.15) is 23.9 Å². The van der Waals surface area contributed by atoms with Gasteiger partial charge in [0.2, 0.25) is 0 Å². The number of aromatic hydroxyl groups is 3. The van der Waals surface area contributed by atoms with Crippen LogP contribution in [0.15, 0.2) is 71.8 Å². The minimum absolute atomic E-state index is 0.0372. The standard InChI is InChI=1S/C30H32O9/c1-20(18-38-28(35)14-9-21-7-10-23(31)11-8-21)4-2-5-22-6-3-15-30(29(36)37,39-19-22)17-27(34)25-16-24(32)12-13-26(25)33/h4,6-14,16,31-33H,2-3,5,15,17-19H2,1H3,(H,36,37)/b14-9+,20-4+/t30-/m0/s1. The first kappa shape index (κ1) is 29.2. The van der Waals surface area contributed by atoms with E-state index in [4.69, 9.17) is 9.47 Å². The van der Waals surface area contributed by atoms with Crippen molar-refractivity contribution in [2.75, 3.05) is 13.2 Å². The SMILES string of the molecule is C/C(=C\CCC1=CCC[C@](CC(=O)c2cc(O)ccc2O)(C(=O)O)OC1)COC(=O)/C=C/c1ccc(O)cc1. The van der Waals surface area contributed by atoms with Crippen LogP contribution in [0.1, 0.15) is 54.9 Å². The average molecular weight is 537 g/mol. The van der Waals surface area contributed by atoms with Crippen molar-refractivity contribution < 1.29 is 44.3 Å². The van der Waals surface area contributed by atoms with E-state index >= 15 is 0 Å². The number of allylic oxidation sites excluding steroid dienone is 2. The normalized spacial score (nSPS) is 17.9. The Labute approximate surface area is 226 Å². The maximum atomic E-state index is 12.8. The fraction of sp³-hybridized carbons (Fsp3) is 0.300. The summed E-state index contributed by atoms with van der Waals surface area (Å²) in [5, 5.41) is 38.8. The molecule has 3 rings (SSSR count). The third kappa shape index (κ3) is 8.58. The van der Waals surface area contributed by atoms with Gasteiger partial charge in [-0.2, -0.15) is 0 Å². The summed E-state index contributed by atoms with van der Waals surface area (Å²) < 4.78 is 11.0. The van der Waals surface area contributed by atoms with Crippen LogP contribution < -0.4 is 0 Å². The Balaban J connectivity index is 1.49. The minimum atomic E-state index is -1.75. The number of phenolic OH excluding ortho intramolecular Hbond substituents is 3. The molecule has 0 amide bonds. The highest BCUT2D eigenvalue weighted by Crippen LogP contribution is 2.32. The van der Waals surface area contributed by atoms with E-state index in [1.807, 2.05) is 19.1 Å². The molecule has 0 saturated heterocycles. The molecule has 0 bridgehead atoms. The van der Waals surface area contributed by atoms with Crippen LogP contribution in [0.25, 0.3) is 6.08 Å². The number of carbonyl (C=O) groups excluding carboxylic acids is 2. The molecule has 0 spiro atoms. The first-order valence-electron chi connectivity index (χ1n) is 12.5. The van der Waals surface area contributed by atoms with E-state index in [1.54, 1.807) is 18.2 Å². The van der Waals surface area contributed by atoms with E-state index in [0.29, 0.717) is 19.3 Å². The van der Waals surface area contributed by atoms with E-state index in [-0.39, 0.29) is 42.4 Å². The van der Waals surface area contributed by atoms with Crippen molar-refractivity contribution in [3.63, 3.8) is 0 Å². The molecule has 0 saturated carbocycles. The summed E-state index contributed by atoms with van der Waals surface area (Å²) in [7, 11) is 0. The lowest BCUT2D eigenvalue weighted by atomic mass is 9.89. The number of benzene rings is 2. The molecule has 0 unspecified atom stereocenters. The zero-order chi connectivity index (χ0) is 28.4. The number of rotatable bonds is 11. The molecule has 9 heteroatoms. The van der Waals surface area contributed by atoms with Gasteiger partial charge in [-0.15, -0.1) is 0 Å².